The number of nitrogens with two attached hydrogens (primary N) is 2. The van der Waals surface area contributed by atoms with Crippen molar-refractivity contribution in [3.63, 3.8) is 0 Å². The van der Waals surface area contributed by atoms with Gasteiger partial charge in [-0.05, 0) is 98.0 Å². The molecule has 0 unspecified atom stereocenters. The van der Waals surface area contributed by atoms with Gasteiger partial charge in [-0.3, -0.25) is 24.3 Å². The number of primary amides is 1. The van der Waals surface area contributed by atoms with Crippen LogP contribution in [-0.2, 0) is 16.0 Å². The Bertz CT molecular complexity index is 1670. The van der Waals surface area contributed by atoms with Gasteiger partial charge in [-0.25, -0.2) is 4.98 Å². The van der Waals surface area contributed by atoms with Crippen molar-refractivity contribution in [3.8, 4) is 22.5 Å². The Balaban J connectivity index is 1.25. The predicted octanol–water partition coefficient (Wildman–Crippen LogP) is 2.80. The van der Waals surface area contributed by atoms with Crippen LogP contribution in [0.5, 0.6) is 0 Å². The number of H-pyrrole nitrogens is 2. The van der Waals surface area contributed by atoms with Gasteiger partial charge in [0.2, 0.25) is 23.6 Å². The maximum Gasteiger partial charge on any atom is 0.260 e. The Hall–Kier alpha value is -4.91. The van der Waals surface area contributed by atoms with Gasteiger partial charge in [0.25, 0.3) is 5.56 Å². The number of amides is 2. The molecule has 2 aromatic heterocycles. The Kier molecular flexibility index (Phi) is 9.48. The fourth-order valence-corrected chi connectivity index (χ4v) is 6.58. The van der Waals surface area contributed by atoms with Gasteiger partial charge in [-0.2, -0.15) is 5.21 Å². The molecule has 0 spiro atoms. The number of aromatic amines is 2. The van der Waals surface area contributed by atoms with Crippen LogP contribution in [0.1, 0.15) is 50.5 Å². The number of carbonyl (C=O) groups is 2. The minimum Gasteiger partial charge on any atom is -0.368 e. The molecule has 3 heterocycles. The van der Waals surface area contributed by atoms with Crippen LogP contribution >= 0.6 is 0 Å². The molecule has 1 saturated heterocycles. The van der Waals surface area contributed by atoms with E-state index in [0.29, 0.717) is 59.5 Å². The zero-order valence-corrected chi connectivity index (χ0v) is 25.8. The molecule has 1 aliphatic carbocycles. The molecular formula is C33H40N10O3. The summed E-state index contributed by atoms with van der Waals surface area (Å²) in [5, 5.41) is 14.1. The van der Waals surface area contributed by atoms with E-state index < -0.39 is 11.9 Å². The number of nitrogens with one attached hydrogen (secondary N) is 2. The summed E-state index contributed by atoms with van der Waals surface area (Å²) in [4.78, 5) is 51.4. The number of tetrazole rings is 1. The molecule has 1 saturated carbocycles. The summed E-state index contributed by atoms with van der Waals surface area (Å²) in [6.07, 6.45) is 8.33. The Morgan fingerprint density at radius 3 is 2.26 bits per heavy atom. The van der Waals surface area contributed by atoms with Crippen molar-refractivity contribution < 1.29 is 9.59 Å². The minimum atomic E-state index is -0.935. The highest BCUT2D eigenvalue weighted by atomic mass is 16.2. The van der Waals surface area contributed by atoms with Gasteiger partial charge in [-0.15, -0.1) is 10.2 Å². The van der Waals surface area contributed by atoms with Gasteiger partial charge < -0.3 is 16.4 Å². The summed E-state index contributed by atoms with van der Waals surface area (Å²) in [6, 6.07) is 13.6. The maximum atomic E-state index is 14.2. The van der Waals surface area contributed by atoms with E-state index >= 15 is 0 Å². The topological polar surface area (TPSA) is 193 Å². The smallest absolute Gasteiger partial charge is 0.260 e. The van der Waals surface area contributed by atoms with Crippen LogP contribution in [0.4, 0.5) is 11.6 Å². The van der Waals surface area contributed by atoms with Crippen LogP contribution in [0, 0.1) is 11.8 Å². The lowest BCUT2D eigenvalue weighted by Gasteiger charge is -2.35. The molecule has 2 amide bonds. The van der Waals surface area contributed by atoms with E-state index in [2.05, 4.69) is 35.5 Å². The van der Waals surface area contributed by atoms with Crippen molar-refractivity contribution in [2.24, 2.45) is 23.3 Å². The van der Waals surface area contributed by atoms with E-state index in [-0.39, 0.29) is 23.8 Å². The fourth-order valence-electron chi connectivity index (χ4n) is 6.58. The Labute approximate surface area is 266 Å². The summed E-state index contributed by atoms with van der Waals surface area (Å²) in [5.41, 5.74) is 15.0. The molecule has 46 heavy (non-hydrogen) atoms. The van der Waals surface area contributed by atoms with Crippen molar-refractivity contribution in [2.45, 2.75) is 57.4 Å². The monoisotopic (exact) mass is 624 g/mol. The average Bonchev–Trinajstić information content (AvgIpc) is 3.64. The second-order valence-corrected chi connectivity index (χ2v) is 12.3. The number of rotatable bonds is 10. The highest BCUT2D eigenvalue weighted by Gasteiger charge is 2.36. The fraction of sp³-hybridized carbons (Fsp3) is 0.424. The second kappa shape index (κ2) is 14.0. The molecule has 1 aliphatic heterocycles. The standard InChI is InChI=1S/C33H40N10O3/c34-19-22-6-10-25(11-7-22)32(46)43(26-14-12-24(13-15-26)30-38-40-41-39-30)28(29(35)44)18-21-4-8-23(9-5-21)27-20-36-33(37-31(27)45)42-16-2-1-3-17-42/h4-5,8-9,12-15,20,22,25,28H,1-3,6-7,10-11,16-19,34H2,(H2,35,44)(H,36,37,45)(H,38,39,40,41)/t22?,25?,28-/m0/s1. The lowest BCUT2D eigenvalue weighted by atomic mass is 9.81. The van der Waals surface area contributed by atoms with Gasteiger partial charge in [0.05, 0.1) is 5.56 Å². The van der Waals surface area contributed by atoms with Gasteiger partial charge in [-0.1, -0.05) is 24.3 Å². The van der Waals surface area contributed by atoms with Gasteiger partial charge in [0.1, 0.15) is 6.04 Å². The number of aromatic nitrogens is 6. The molecule has 4 aromatic rings. The quantitative estimate of drug-likeness (QED) is 0.205. The molecular weight excluding hydrogens is 584 g/mol. The van der Waals surface area contributed by atoms with Crippen LogP contribution in [0.2, 0.25) is 0 Å². The molecule has 0 bridgehead atoms. The van der Waals surface area contributed by atoms with Crippen molar-refractivity contribution in [3.05, 3.63) is 70.6 Å². The van der Waals surface area contributed by atoms with E-state index in [1.165, 1.54) is 6.42 Å². The average molecular weight is 625 g/mol. The molecule has 1 atom stereocenters. The molecule has 6 rings (SSSR count). The Morgan fingerprint density at radius 1 is 0.957 bits per heavy atom. The van der Waals surface area contributed by atoms with Gasteiger partial charge >= 0.3 is 0 Å². The number of hydrogen-bond acceptors (Lipinski definition) is 9. The summed E-state index contributed by atoms with van der Waals surface area (Å²) < 4.78 is 0. The number of nitrogens with zero attached hydrogens (tertiary/aromatic N) is 6. The largest absolute Gasteiger partial charge is 0.368 e. The van der Waals surface area contributed by atoms with Crippen molar-refractivity contribution >= 4 is 23.5 Å². The number of hydrogen-bond donors (Lipinski definition) is 4. The SMILES string of the molecule is NCC1CCC(C(=O)N(c2ccc(-c3nn[nH]n3)cc2)[C@@H](Cc2ccc(-c3cnc(N4CCCCC4)[nH]c3=O)cc2)C(N)=O)CC1. The first-order valence-electron chi connectivity index (χ1n) is 16.0. The van der Waals surface area contributed by atoms with E-state index in [9.17, 15) is 14.4 Å². The lowest BCUT2D eigenvalue weighted by Crippen LogP contribution is -2.52. The number of anilines is 2. The van der Waals surface area contributed by atoms with Crippen molar-refractivity contribution in [1.29, 1.82) is 0 Å². The lowest BCUT2D eigenvalue weighted by molar-refractivity contribution is -0.127. The van der Waals surface area contributed by atoms with Crippen molar-refractivity contribution in [1.82, 2.24) is 30.6 Å². The molecule has 240 valence electrons. The summed E-state index contributed by atoms with van der Waals surface area (Å²) >= 11 is 0. The predicted molar refractivity (Wildman–Crippen MR) is 175 cm³/mol. The summed E-state index contributed by atoms with van der Waals surface area (Å²) in [5.74, 6) is 0.447. The highest BCUT2D eigenvalue weighted by molar-refractivity contribution is 6.01. The summed E-state index contributed by atoms with van der Waals surface area (Å²) in [7, 11) is 0. The molecule has 13 nitrogen and oxygen atoms in total. The minimum absolute atomic E-state index is 0.130. The zero-order valence-electron chi connectivity index (χ0n) is 25.8. The van der Waals surface area contributed by atoms with Crippen LogP contribution < -0.4 is 26.8 Å². The van der Waals surface area contributed by atoms with E-state index in [1.807, 2.05) is 24.3 Å². The molecule has 0 radical (unpaired) electrons. The van der Waals surface area contributed by atoms with Crippen LogP contribution in [0.3, 0.4) is 0 Å². The first kappa shape index (κ1) is 31.1. The zero-order chi connectivity index (χ0) is 32.0. The molecule has 2 fully saturated rings. The second-order valence-electron chi connectivity index (χ2n) is 12.3. The van der Waals surface area contributed by atoms with E-state index in [4.69, 9.17) is 11.5 Å². The van der Waals surface area contributed by atoms with Crippen LogP contribution in [0.15, 0.2) is 59.5 Å². The molecule has 2 aliphatic rings. The van der Waals surface area contributed by atoms with E-state index in [1.54, 1.807) is 35.4 Å². The highest BCUT2D eigenvalue weighted by Crippen LogP contribution is 2.33. The molecule has 6 N–H and O–H groups in total. The maximum absolute atomic E-state index is 14.2. The van der Waals surface area contributed by atoms with Gasteiger partial charge in [0, 0.05) is 42.9 Å². The molecule has 2 aromatic carbocycles. The van der Waals surface area contributed by atoms with Crippen molar-refractivity contribution in [2.75, 3.05) is 29.4 Å². The first-order chi connectivity index (χ1) is 22.4. The Morgan fingerprint density at radius 2 is 1.65 bits per heavy atom. The third-order valence-electron chi connectivity index (χ3n) is 9.29. The normalized spacial score (nSPS) is 19.0. The van der Waals surface area contributed by atoms with Crippen LogP contribution in [-0.4, -0.2) is 68.1 Å². The number of carbonyl (C=O) groups excluding carboxylic acids is 2. The number of piperidine rings is 1. The molecule has 13 heteroatoms. The summed E-state index contributed by atoms with van der Waals surface area (Å²) in [6.45, 7) is 2.37. The first-order valence-corrected chi connectivity index (χ1v) is 16.0. The third kappa shape index (κ3) is 6.84. The third-order valence-corrected chi connectivity index (χ3v) is 9.29. The van der Waals surface area contributed by atoms with Crippen LogP contribution in [0.25, 0.3) is 22.5 Å². The van der Waals surface area contributed by atoms with E-state index in [0.717, 1.165) is 44.3 Å². The van der Waals surface area contributed by atoms with Gasteiger partial charge in [0.15, 0.2) is 0 Å². The number of benzene rings is 2.